The first-order valence-corrected chi connectivity index (χ1v) is 4.01. The molecular weight excluding hydrogens is 156 g/mol. The van der Waals surface area contributed by atoms with Crippen LogP contribution in [-0.4, -0.2) is 16.3 Å². The average Bonchev–Trinajstić information content (AvgIpc) is 2.53. The summed E-state index contributed by atoms with van der Waals surface area (Å²) in [6.07, 6.45) is 1.34. The topological polar surface area (TPSA) is 53.6 Å². The van der Waals surface area contributed by atoms with Gasteiger partial charge < -0.3 is 14.6 Å². The number of rotatable bonds is 3. The summed E-state index contributed by atoms with van der Waals surface area (Å²) in [5.74, 6) is 0.0369. The van der Waals surface area contributed by atoms with Crippen molar-refractivity contribution in [2.45, 2.75) is 26.1 Å². The number of hydrogen-bond acceptors (Lipinski definition) is 3. The molecule has 2 atom stereocenters. The SMILES string of the molecule is CC(C)C(O)C(O)c1ccoc1. The number of furan rings is 1. The normalized spacial score (nSPS) is 16.4. The monoisotopic (exact) mass is 170 g/mol. The third kappa shape index (κ3) is 1.87. The summed E-state index contributed by atoms with van der Waals surface area (Å²) in [4.78, 5) is 0. The van der Waals surface area contributed by atoms with Crippen LogP contribution in [0, 0.1) is 5.92 Å². The molecule has 1 aromatic heterocycles. The van der Waals surface area contributed by atoms with Gasteiger partial charge in [-0.3, -0.25) is 0 Å². The summed E-state index contributed by atoms with van der Waals surface area (Å²) in [6, 6.07) is 1.65. The summed E-state index contributed by atoms with van der Waals surface area (Å²) < 4.78 is 4.79. The molecule has 1 aromatic rings. The Morgan fingerprint density at radius 1 is 1.33 bits per heavy atom. The Morgan fingerprint density at radius 3 is 2.42 bits per heavy atom. The molecule has 0 bridgehead atoms. The van der Waals surface area contributed by atoms with Crippen molar-refractivity contribution < 1.29 is 14.6 Å². The van der Waals surface area contributed by atoms with Crippen LogP contribution in [-0.2, 0) is 0 Å². The van der Waals surface area contributed by atoms with E-state index in [1.54, 1.807) is 6.07 Å². The molecule has 2 N–H and O–H groups in total. The van der Waals surface area contributed by atoms with Crippen LogP contribution in [0.25, 0.3) is 0 Å². The summed E-state index contributed by atoms with van der Waals surface area (Å²) in [5, 5.41) is 19.0. The fraction of sp³-hybridized carbons (Fsp3) is 0.556. The molecule has 12 heavy (non-hydrogen) atoms. The Labute approximate surface area is 71.6 Å². The maximum absolute atomic E-state index is 9.54. The smallest absolute Gasteiger partial charge is 0.108 e. The van der Waals surface area contributed by atoms with Gasteiger partial charge in [0.2, 0.25) is 0 Å². The highest BCUT2D eigenvalue weighted by Crippen LogP contribution is 2.21. The molecule has 0 aliphatic heterocycles. The summed E-state index contributed by atoms with van der Waals surface area (Å²) in [5.41, 5.74) is 0.621. The van der Waals surface area contributed by atoms with Gasteiger partial charge in [-0.05, 0) is 12.0 Å². The molecule has 0 radical (unpaired) electrons. The lowest BCUT2D eigenvalue weighted by Gasteiger charge is -2.19. The Balaban J connectivity index is 2.65. The first-order valence-electron chi connectivity index (χ1n) is 4.01. The predicted octanol–water partition coefficient (Wildman–Crippen LogP) is 1.33. The lowest BCUT2D eigenvalue weighted by atomic mass is 9.98. The average molecular weight is 170 g/mol. The van der Waals surface area contributed by atoms with Crippen molar-refractivity contribution in [2.24, 2.45) is 5.92 Å². The van der Waals surface area contributed by atoms with Crippen LogP contribution in [0.15, 0.2) is 23.0 Å². The van der Waals surface area contributed by atoms with Crippen LogP contribution >= 0.6 is 0 Å². The van der Waals surface area contributed by atoms with E-state index in [0.29, 0.717) is 5.56 Å². The quantitative estimate of drug-likeness (QED) is 0.719. The minimum absolute atomic E-state index is 0.0369. The summed E-state index contributed by atoms with van der Waals surface area (Å²) in [6.45, 7) is 3.71. The molecular formula is C9H14O3. The molecule has 0 aliphatic rings. The number of aliphatic hydroxyl groups excluding tert-OH is 2. The van der Waals surface area contributed by atoms with Gasteiger partial charge in [-0.25, -0.2) is 0 Å². The lowest BCUT2D eigenvalue weighted by molar-refractivity contribution is -0.00967. The zero-order chi connectivity index (χ0) is 9.14. The minimum atomic E-state index is -0.844. The van der Waals surface area contributed by atoms with Crippen LogP contribution < -0.4 is 0 Å². The van der Waals surface area contributed by atoms with E-state index in [9.17, 15) is 10.2 Å². The molecule has 68 valence electrons. The Hall–Kier alpha value is -0.800. The van der Waals surface area contributed by atoms with Crippen LogP contribution in [0.5, 0.6) is 0 Å². The molecule has 1 rings (SSSR count). The zero-order valence-corrected chi connectivity index (χ0v) is 7.27. The maximum Gasteiger partial charge on any atom is 0.108 e. The highest BCUT2D eigenvalue weighted by atomic mass is 16.3. The van der Waals surface area contributed by atoms with E-state index in [0.717, 1.165) is 0 Å². The lowest BCUT2D eigenvalue weighted by Crippen LogP contribution is -2.23. The number of aliphatic hydroxyl groups is 2. The summed E-state index contributed by atoms with van der Waals surface area (Å²) >= 11 is 0. The Kier molecular flexibility index (Phi) is 2.89. The minimum Gasteiger partial charge on any atom is -0.472 e. The zero-order valence-electron chi connectivity index (χ0n) is 7.27. The molecule has 1 heterocycles. The van der Waals surface area contributed by atoms with E-state index in [2.05, 4.69) is 0 Å². The van der Waals surface area contributed by atoms with Crippen molar-refractivity contribution in [3.8, 4) is 0 Å². The van der Waals surface area contributed by atoms with Crippen molar-refractivity contribution in [3.63, 3.8) is 0 Å². The molecule has 2 unspecified atom stereocenters. The largest absolute Gasteiger partial charge is 0.472 e. The fourth-order valence-corrected chi connectivity index (χ4v) is 1.01. The molecule has 0 aromatic carbocycles. The van der Waals surface area contributed by atoms with E-state index in [4.69, 9.17) is 4.42 Å². The van der Waals surface area contributed by atoms with Crippen molar-refractivity contribution >= 4 is 0 Å². The number of hydrogen-bond donors (Lipinski definition) is 2. The standard InChI is InChI=1S/C9H14O3/c1-6(2)8(10)9(11)7-3-4-12-5-7/h3-6,8-11H,1-2H3. The first-order chi connectivity index (χ1) is 5.63. The van der Waals surface area contributed by atoms with E-state index >= 15 is 0 Å². The molecule has 0 spiro atoms. The molecule has 0 saturated carbocycles. The van der Waals surface area contributed by atoms with Crippen LogP contribution in [0.2, 0.25) is 0 Å². The van der Waals surface area contributed by atoms with Gasteiger partial charge in [0.25, 0.3) is 0 Å². The molecule has 3 nitrogen and oxygen atoms in total. The second kappa shape index (κ2) is 3.74. The van der Waals surface area contributed by atoms with Gasteiger partial charge in [-0.15, -0.1) is 0 Å². The van der Waals surface area contributed by atoms with Gasteiger partial charge in [0.05, 0.1) is 18.6 Å². The third-order valence-corrected chi connectivity index (χ3v) is 1.89. The molecule has 0 aliphatic carbocycles. The molecule has 0 fully saturated rings. The van der Waals surface area contributed by atoms with Gasteiger partial charge in [0.15, 0.2) is 0 Å². The van der Waals surface area contributed by atoms with E-state index in [1.165, 1.54) is 12.5 Å². The molecule has 0 amide bonds. The van der Waals surface area contributed by atoms with Gasteiger partial charge in [-0.1, -0.05) is 13.8 Å². The predicted molar refractivity (Wildman–Crippen MR) is 44.5 cm³/mol. The second-order valence-corrected chi connectivity index (χ2v) is 3.24. The first kappa shape index (κ1) is 9.29. The van der Waals surface area contributed by atoms with Crippen molar-refractivity contribution in [3.05, 3.63) is 24.2 Å². The molecule has 0 saturated heterocycles. The van der Waals surface area contributed by atoms with Crippen LogP contribution in [0.3, 0.4) is 0 Å². The van der Waals surface area contributed by atoms with Gasteiger partial charge in [0.1, 0.15) is 6.10 Å². The van der Waals surface area contributed by atoms with Gasteiger partial charge in [-0.2, -0.15) is 0 Å². The highest BCUT2D eigenvalue weighted by molar-refractivity contribution is 5.10. The van der Waals surface area contributed by atoms with Crippen LogP contribution in [0.4, 0.5) is 0 Å². The van der Waals surface area contributed by atoms with Crippen LogP contribution in [0.1, 0.15) is 25.5 Å². The van der Waals surface area contributed by atoms with Gasteiger partial charge in [0, 0.05) is 5.56 Å². The fourth-order valence-electron chi connectivity index (χ4n) is 1.01. The van der Waals surface area contributed by atoms with E-state index in [-0.39, 0.29) is 5.92 Å². The highest BCUT2D eigenvalue weighted by Gasteiger charge is 2.21. The second-order valence-electron chi connectivity index (χ2n) is 3.24. The Bertz CT molecular complexity index is 216. The van der Waals surface area contributed by atoms with Gasteiger partial charge >= 0.3 is 0 Å². The Morgan fingerprint density at radius 2 is 2.00 bits per heavy atom. The molecule has 3 heteroatoms. The van der Waals surface area contributed by atoms with E-state index in [1.807, 2.05) is 13.8 Å². The maximum atomic E-state index is 9.54. The van der Waals surface area contributed by atoms with E-state index < -0.39 is 12.2 Å². The van der Waals surface area contributed by atoms with Crippen molar-refractivity contribution in [1.82, 2.24) is 0 Å². The van der Waals surface area contributed by atoms with Crippen molar-refractivity contribution in [1.29, 1.82) is 0 Å². The van der Waals surface area contributed by atoms with Crippen molar-refractivity contribution in [2.75, 3.05) is 0 Å². The third-order valence-electron chi connectivity index (χ3n) is 1.89. The summed E-state index contributed by atoms with van der Waals surface area (Å²) in [7, 11) is 0.